The quantitative estimate of drug-likeness (QED) is 0.720. The second-order valence-electron chi connectivity index (χ2n) is 4.15. The Morgan fingerprint density at radius 1 is 1.24 bits per heavy atom. The number of hydrogen-bond donors (Lipinski definition) is 0. The summed E-state index contributed by atoms with van der Waals surface area (Å²) in [6.07, 6.45) is 1.90. The highest BCUT2D eigenvalue weighted by molar-refractivity contribution is 6.35. The summed E-state index contributed by atoms with van der Waals surface area (Å²) < 4.78 is 0. The minimum absolute atomic E-state index is 0.0438. The number of benzene rings is 1. The lowest BCUT2D eigenvalue weighted by Gasteiger charge is -2.29. The molecule has 1 saturated heterocycles. The fourth-order valence-electron chi connectivity index (χ4n) is 1.97. The van der Waals surface area contributed by atoms with Crippen LogP contribution in [0.3, 0.4) is 0 Å². The molecule has 1 atom stereocenters. The first kappa shape index (κ1) is 13.0. The first-order valence-electron chi connectivity index (χ1n) is 5.45. The van der Waals surface area contributed by atoms with Gasteiger partial charge < -0.3 is 4.90 Å². The largest absolute Gasteiger partial charge is 0.337 e. The first-order chi connectivity index (χ1) is 8.06. The molecule has 1 aromatic carbocycles. The number of carbonyl (C=O) groups excluding carboxylic acids is 1. The van der Waals surface area contributed by atoms with Crippen LogP contribution in [0, 0.1) is 0 Å². The van der Waals surface area contributed by atoms with Crippen LogP contribution in [0.4, 0.5) is 0 Å². The van der Waals surface area contributed by atoms with Crippen molar-refractivity contribution in [1.82, 2.24) is 4.90 Å². The summed E-state index contributed by atoms with van der Waals surface area (Å²) >= 11 is 17.8. The molecule has 1 heterocycles. The molecule has 0 bridgehead atoms. The van der Waals surface area contributed by atoms with E-state index in [4.69, 9.17) is 34.8 Å². The molecular formula is C12H12Cl3NO. The molecule has 0 N–H and O–H groups in total. The summed E-state index contributed by atoms with van der Waals surface area (Å²) in [7, 11) is 0. The maximum absolute atomic E-state index is 12.2. The molecular weight excluding hydrogens is 280 g/mol. The molecule has 1 amide bonds. The highest BCUT2D eigenvalue weighted by atomic mass is 35.5. The maximum Gasteiger partial charge on any atom is 0.254 e. The van der Waals surface area contributed by atoms with Crippen LogP contribution in [0.5, 0.6) is 0 Å². The van der Waals surface area contributed by atoms with Crippen LogP contribution in [0.25, 0.3) is 0 Å². The number of rotatable bonds is 1. The fraction of sp³-hybridized carbons (Fsp3) is 0.417. The van der Waals surface area contributed by atoms with Crippen molar-refractivity contribution in [3.8, 4) is 0 Å². The number of amides is 1. The summed E-state index contributed by atoms with van der Waals surface area (Å²) in [5.74, 6) is -0.0558. The predicted molar refractivity (Wildman–Crippen MR) is 71.2 cm³/mol. The third-order valence-corrected chi connectivity index (χ3v) is 3.55. The monoisotopic (exact) mass is 291 g/mol. The van der Waals surface area contributed by atoms with Crippen molar-refractivity contribution in [2.24, 2.45) is 0 Å². The van der Waals surface area contributed by atoms with Crippen molar-refractivity contribution in [3.05, 3.63) is 33.8 Å². The van der Waals surface area contributed by atoms with Crippen molar-refractivity contribution in [2.75, 3.05) is 13.1 Å². The Morgan fingerprint density at radius 2 is 1.88 bits per heavy atom. The number of nitrogens with zero attached hydrogens (tertiary/aromatic N) is 1. The van der Waals surface area contributed by atoms with Crippen LogP contribution >= 0.6 is 34.8 Å². The SMILES string of the molecule is O=C(c1cc(Cl)cc(Cl)c1)N1CCCC(Cl)C1. The Morgan fingerprint density at radius 3 is 2.47 bits per heavy atom. The number of piperidine rings is 1. The summed E-state index contributed by atoms with van der Waals surface area (Å²) in [5.41, 5.74) is 0.522. The second kappa shape index (κ2) is 5.47. The Hall–Kier alpha value is -0.440. The van der Waals surface area contributed by atoms with E-state index in [2.05, 4.69) is 0 Å². The van der Waals surface area contributed by atoms with Gasteiger partial charge in [-0.3, -0.25) is 4.79 Å². The molecule has 1 aliphatic rings. The molecule has 0 radical (unpaired) electrons. The van der Waals surface area contributed by atoms with E-state index in [9.17, 15) is 4.79 Å². The van der Waals surface area contributed by atoms with Gasteiger partial charge in [-0.1, -0.05) is 23.2 Å². The van der Waals surface area contributed by atoms with Crippen molar-refractivity contribution in [2.45, 2.75) is 18.2 Å². The number of likely N-dealkylation sites (tertiary alicyclic amines) is 1. The van der Waals surface area contributed by atoms with Crippen LogP contribution in [-0.2, 0) is 0 Å². The topological polar surface area (TPSA) is 20.3 Å². The molecule has 17 heavy (non-hydrogen) atoms. The summed E-state index contributed by atoms with van der Waals surface area (Å²) in [5, 5.41) is 0.989. The van der Waals surface area contributed by atoms with E-state index in [1.165, 1.54) is 0 Å². The van der Waals surface area contributed by atoms with Crippen LogP contribution < -0.4 is 0 Å². The molecule has 1 aromatic rings. The zero-order valence-corrected chi connectivity index (χ0v) is 11.4. The molecule has 0 saturated carbocycles. The number of halogens is 3. The van der Waals surface area contributed by atoms with E-state index in [0.717, 1.165) is 19.4 Å². The lowest BCUT2D eigenvalue weighted by molar-refractivity contribution is 0.0727. The molecule has 5 heteroatoms. The minimum Gasteiger partial charge on any atom is -0.337 e. The first-order valence-corrected chi connectivity index (χ1v) is 6.65. The maximum atomic E-state index is 12.2. The van der Waals surface area contributed by atoms with Gasteiger partial charge in [0.2, 0.25) is 0 Å². The highest BCUT2D eigenvalue weighted by Crippen LogP contribution is 2.22. The number of carbonyl (C=O) groups is 1. The summed E-state index contributed by atoms with van der Waals surface area (Å²) in [6.45, 7) is 1.33. The summed E-state index contributed by atoms with van der Waals surface area (Å²) in [6, 6.07) is 4.88. The average molecular weight is 293 g/mol. The van der Waals surface area contributed by atoms with E-state index in [-0.39, 0.29) is 11.3 Å². The van der Waals surface area contributed by atoms with Gasteiger partial charge in [0.1, 0.15) is 0 Å². The van der Waals surface area contributed by atoms with Crippen molar-refractivity contribution in [3.63, 3.8) is 0 Å². The molecule has 1 fully saturated rings. The molecule has 1 aliphatic heterocycles. The lowest BCUT2D eigenvalue weighted by atomic mass is 10.1. The van der Waals surface area contributed by atoms with Gasteiger partial charge in [-0.05, 0) is 31.0 Å². The summed E-state index contributed by atoms with van der Waals surface area (Å²) in [4.78, 5) is 14.0. The van der Waals surface area contributed by atoms with E-state index in [1.807, 2.05) is 0 Å². The molecule has 0 spiro atoms. The Labute approximate surface area is 115 Å². The van der Waals surface area contributed by atoms with Gasteiger partial charge in [-0.15, -0.1) is 11.6 Å². The lowest BCUT2D eigenvalue weighted by Crippen LogP contribution is -2.40. The molecule has 2 nitrogen and oxygen atoms in total. The number of alkyl halides is 1. The molecule has 2 rings (SSSR count). The Bertz CT molecular complexity index is 416. The van der Waals surface area contributed by atoms with Gasteiger partial charge in [-0.25, -0.2) is 0 Å². The highest BCUT2D eigenvalue weighted by Gasteiger charge is 2.23. The van der Waals surface area contributed by atoms with E-state index in [0.29, 0.717) is 22.2 Å². The third kappa shape index (κ3) is 3.27. The van der Waals surface area contributed by atoms with Crippen LogP contribution in [-0.4, -0.2) is 29.3 Å². The van der Waals surface area contributed by atoms with Gasteiger partial charge in [0, 0.05) is 28.7 Å². The fourth-order valence-corrected chi connectivity index (χ4v) is 2.82. The van der Waals surface area contributed by atoms with Gasteiger partial charge in [0.25, 0.3) is 5.91 Å². The van der Waals surface area contributed by atoms with Crippen LogP contribution in [0.15, 0.2) is 18.2 Å². The van der Waals surface area contributed by atoms with Gasteiger partial charge in [0.15, 0.2) is 0 Å². The van der Waals surface area contributed by atoms with E-state index in [1.54, 1.807) is 23.1 Å². The normalized spacial score (nSPS) is 20.4. The third-order valence-electron chi connectivity index (χ3n) is 2.76. The molecule has 0 aliphatic carbocycles. The standard InChI is InChI=1S/C12H12Cl3NO/c13-9-2-1-3-16(7-9)12(17)8-4-10(14)6-11(15)5-8/h4-6,9H,1-3,7H2. The Kier molecular flexibility index (Phi) is 4.18. The molecule has 92 valence electrons. The molecule has 1 unspecified atom stereocenters. The second-order valence-corrected chi connectivity index (χ2v) is 5.64. The van der Waals surface area contributed by atoms with Crippen molar-refractivity contribution < 1.29 is 4.79 Å². The van der Waals surface area contributed by atoms with Crippen LogP contribution in [0.1, 0.15) is 23.2 Å². The predicted octanol–water partition coefficient (Wildman–Crippen LogP) is 3.84. The van der Waals surface area contributed by atoms with Gasteiger partial charge >= 0.3 is 0 Å². The van der Waals surface area contributed by atoms with E-state index >= 15 is 0 Å². The number of hydrogen-bond acceptors (Lipinski definition) is 1. The molecule has 0 aromatic heterocycles. The average Bonchev–Trinajstić information content (AvgIpc) is 2.26. The minimum atomic E-state index is -0.0558. The Balaban J connectivity index is 2.18. The smallest absolute Gasteiger partial charge is 0.254 e. The van der Waals surface area contributed by atoms with Crippen molar-refractivity contribution in [1.29, 1.82) is 0 Å². The van der Waals surface area contributed by atoms with Crippen LogP contribution in [0.2, 0.25) is 10.0 Å². The van der Waals surface area contributed by atoms with E-state index < -0.39 is 0 Å². The van der Waals surface area contributed by atoms with Gasteiger partial charge in [-0.2, -0.15) is 0 Å². The zero-order chi connectivity index (χ0) is 12.4. The zero-order valence-electron chi connectivity index (χ0n) is 9.13. The van der Waals surface area contributed by atoms with Gasteiger partial charge in [0.05, 0.1) is 5.38 Å². The van der Waals surface area contributed by atoms with Crippen molar-refractivity contribution >= 4 is 40.7 Å².